The van der Waals surface area contributed by atoms with Gasteiger partial charge in [0, 0.05) is 30.4 Å². The Morgan fingerprint density at radius 2 is 1.77 bits per heavy atom. The maximum atomic E-state index is 15.2. The van der Waals surface area contributed by atoms with Gasteiger partial charge in [0.25, 0.3) is 0 Å². The molecule has 1 aliphatic carbocycles. The Kier molecular flexibility index (Phi) is 7.34. The van der Waals surface area contributed by atoms with E-state index in [1.165, 1.54) is 16.3 Å². The molecule has 0 amide bonds. The summed E-state index contributed by atoms with van der Waals surface area (Å²) in [6.07, 6.45) is 5.01. The molecule has 1 fully saturated rings. The van der Waals surface area contributed by atoms with Crippen molar-refractivity contribution < 1.29 is 4.39 Å². The predicted molar refractivity (Wildman–Crippen MR) is 157 cm³/mol. The zero-order chi connectivity index (χ0) is 27.6. The average molecular weight is 542 g/mol. The highest BCUT2D eigenvalue weighted by Gasteiger charge is 2.25. The average Bonchev–Trinajstić information content (AvgIpc) is 3.23. The van der Waals surface area contributed by atoms with Crippen molar-refractivity contribution in [3.8, 4) is 17.1 Å². The first-order chi connectivity index (χ1) is 19.5. The number of aryl methyl sites for hydroxylation is 2. The van der Waals surface area contributed by atoms with Crippen molar-refractivity contribution >= 4 is 23.3 Å². The van der Waals surface area contributed by atoms with E-state index in [4.69, 9.17) is 5.73 Å². The molecule has 2 aromatic heterocycles. The summed E-state index contributed by atoms with van der Waals surface area (Å²) in [5.41, 5.74) is 11.8. The SMILES string of the molecule is CCN(CC)C1CCN(c2ccc(Nc3nc(N)n(-c4cc5c(nn4)-c4ccccc4CCC5)n3)cc2F)CC1. The minimum Gasteiger partial charge on any atom is -0.369 e. The van der Waals surface area contributed by atoms with Crippen LogP contribution in [0.25, 0.3) is 17.1 Å². The minimum atomic E-state index is -0.268. The van der Waals surface area contributed by atoms with Crippen molar-refractivity contribution in [1.29, 1.82) is 0 Å². The van der Waals surface area contributed by atoms with Gasteiger partial charge in [-0.25, -0.2) is 4.39 Å². The lowest BCUT2D eigenvalue weighted by molar-refractivity contribution is 0.186. The van der Waals surface area contributed by atoms with Gasteiger partial charge in [0.05, 0.1) is 11.4 Å². The fraction of sp³-hybridized carbons (Fsp3) is 0.400. The second-order valence-corrected chi connectivity index (χ2v) is 10.5. The lowest BCUT2D eigenvalue weighted by Gasteiger charge is -2.38. The largest absolute Gasteiger partial charge is 0.369 e. The summed E-state index contributed by atoms with van der Waals surface area (Å²) in [5.74, 6) is 0.687. The second kappa shape index (κ2) is 11.2. The molecule has 2 aliphatic rings. The van der Waals surface area contributed by atoms with Crippen LogP contribution < -0.4 is 16.0 Å². The number of nitrogens with two attached hydrogens (primary N) is 1. The molecule has 6 rings (SSSR count). The molecule has 1 saturated heterocycles. The monoisotopic (exact) mass is 541 g/mol. The number of nitrogens with one attached hydrogen (secondary N) is 1. The summed E-state index contributed by atoms with van der Waals surface area (Å²) in [6.45, 7) is 8.21. The van der Waals surface area contributed by atoms with Crippen LogP contribution in [0.4, 0.5) is 27.7 Å². The number of aromatic nitrogens is 5. The fourth-order valence-electron chi connectivity index (χ4n) is 6.11. The first-order valence-corrected chi connectivity index (χ1v) is 14.3. The normalized spacial score (nSPS) is 15.6. The summed E-state index contributed by atoms with van der Waals surface area (Å²) in [5, 5.41) is 16.6. The Bertz CT molecular complexity index is 1490. The fourth-order valence-corrected chi connectivity index (χ4v) is 6.11. The lowest BCUT2D eigenvalue weighted by atomic mass is 10.0. The smallest absolute Gasteiger partial charge is 0.248 e. The van der Waals surface area contributed by atoms with Crippen LogP contribution in [0.15, 0.2) is 48.5 Å². The molecule has 3 N–H and O–H groups in total. The summed E-state index contributed by atoms with van der Waals surface area (Å²) < 4.78 is 16.7. The lowest BCUT2D eigenvalue weighted by Crippen LogP contribution is -2.45. The van der Waals surface area contributed by atoms with Crippen LogP contribution >= 0.6 is 0 Å². The Balaban J connectivity index is 1.17. The van der Waals surface area contributed by atoms with E-state index in [9.17, 15) is 0 Å². The molecular formula is C30H36FN9. The van der Waals surface area contributed by atoms with Gasteiger partial charge in [-0.2, -0.15) is 9.67 Å². The minimum absolute atomic E-state index is 0.180. The number of anilines is 4. The van der Waals surface area contributed by atoms with Crippen molar-refractivity contribution in [2.45, 2.75) is 52.0 Å². The molecule has 208 valence electrons. The molecule has 0 radical (unpaired) electrons. The molecular weight excluding hydrogens is 505 g/mol. The zero-order valence-electron chi connectivity index (χ0n) is 23.1. The number of piperidine rings is 1. The molecule has 10 heteroatoms. The number of nitrogens with zero attached hydrogens (tertiary/aromatic N) is 7. The van der Waals surface area contributed by atoms with Crippen LogP contribution in [-0.4, -0.2) is 62.1 Å². The molecule has 40 heavy (non-hydrogen) atoms. The molecule has 1 aliphatic heterocycles. The van der Waals surface area contributed by atoms with E-state index in [1.807, 2.05) is 24.3 Å². The van der Waals surface area contributed by atoms with Crippen molar-refractivity contribution in [2.24, 2.45) is 0 Å². The molecule has 0 bridgehead atoms. The van der Waals surface area contributed by atoms with Crippen molar-refractivity contribution in [2.75, 3.05) is 42.1 Å². The number of rotatable bonds is 7. The Morgan fingerprint density at radius 1 is 1.00 bits per heavy atom. The molecule has 0 spiro atoms. The van der Waals surface area contributed by atoms with E-state index in [1.54, 1.807) is 0 Å². The van der Waals surface area contributed by atoms with Crippen LogP contribution in [0.3, 0.4) is 0 Å². The van der Waals surface area contributed by atoms with Crippen molar-refractivity contribution in [3.05, 3.63) is 65.5 Å². The van der Waals surface area contributed by atoms with Crippen LogP contribution in [-0.2, 0) is 12.8 Å². The highest BCUT2D eigenvalue weighted by Crippen LogP contribution is 2.32. The van der Waals surface area contributed by atoms with Crippen molar-refractivity contribution in [3.63, 3.8) is 0 Å². The van der Waals surface area contributed by atoms with Gasteiger partial charge in [0.15, 0.2) is 5.82 Å². The highest BCUT2D eigenvalue weighted by atomic mass is 19.1. The topological polar surface area (TPSA) is 101 Å². The van der Waals surface area contributed by atoms with Gasteiger partial charge in [-0.1, -0.05) is 38.1 Å². The Morgan fingerprint density at radius 3 is 2.55 bits per heavy atom. The summed E-state index contributed by atoms with van der Waals surface area (Å²) in [4.78, 5) is 8.98. The quantitative estimate of drug-likeness (QED) is 0.338. The van der Waals surface area contributed by atoms with E-state index in [0.717, 1.165) is 75.1 Å². The Labute approximate surface area is 234 Å². The third-order valence-electron chi connectivity index (χ3n) is 8.21. The van der Waals surface area contributed by atoms with Crippen LogP contribution in [0, 0.1) is 5.82 Å². The highest BCUT2D eigenvalue weighted by molar-refractivity contribution is 5.68. The summed E-state index contributed by atoms with van der Waals surface area (Å²) >= 11 is 0. The van der Waals surface area contributed by atoms with E-state index in [2.05, 4.69) is 67.4 Å². The molecule has 3 heterocycles. The maximum absolute atomic E-state index is 15.2. The maximum Gasteiger partial charge on any atom is 0.248 e. The standard InChI is InChI=1S/C30H36FN9/c1-3-38(4-2)23-14-16-39(17-15-23)26-13-12-22(19-25(26)31)33-30-34-29(32)40(37-30)27-18-21-10-7-9-20-8-5-6-11-24(20)28(21)36-35-27/h5-6,8,11-13,18-19,23H,3-4,7,9-10,14-17H2,1-2H3,(H3,32,33,34,37). The summed E-state index contributed by atoms with van der Waals surface area (Å²) in [7, 11) is 0. The van der Waals surface area contributed by atoms with Gasteiger partial charge in [-0.05, 0) is 80.6 Å². The first-order valence-electron chi connectivity index (χ1n) is 14.3. The molecule has 0 unspecified atom stereocenters. The van der Waals surface area contributed by atoms with E-state index >= 15 is 4.39 Å². The predicted octanol–water partition coefficient (Wildman–Crippen LogP) is 4.99. The number of fused-ring (bicyclic) bond motifs is 3. The van der Waals surface area contributed by atoms with Gasteiger partial charge >= 0.3 is 0 Å². The van der Waals surface area contributed by atoms with E-state index in [-0.39, 0.29) is 17.7 Å². The van der Waals surface area contributed by atoms with Gasteiger partial charge in [0.2, 0.25) is 11.9 Å². The van der Waals surface area contributed by atoms with Crippen LogP contribution in [0.2, 0.25) is 0 Å². The number of benzene rings is 2. The van der Waals surface area contributed by atoms with Crippen LogP contribution in [0.1, 0.15) is 44.2 Å². The van der Waals surface area contributed by atoms with E-state index < -0.39 is 0 Å². The second-order valence-electron chi connectivity index (χ2n) is 10.5. The van der Waals surface area contributed by atoms with Crippen molar-refractivity contribution in [1.82, 2.24) is 29.9 Å². The number of nitrogen functional groups attached to an aromatic ring is 1. The molecule has 0 saturated carbocycles. The third-order valence-corrected chi connectivity index (χ3v) is 8.21. The van der Waals surface area contributed by atoms with Crippen LogP contribution in [0.5, 0.6) is 0 Å². The third kappa shape index (κ3) is 5.11. The number of halogens is 1. The molecule has 0 atom stereocenters. The van der Waals surface area contributed by atoms with Gasteiger partial charge in [-0.3, -0.25) is 0 Å². The van der Waals surface area contributed by atoms with E-state index in [0.29, 0.717) is 23.2 Å². The molecule has 2 aromatic carbocycles. The number of hydrogen-bond donors (Lipinski definition) is 2. The zero-order valence-corrected chi connectivity index (χ0v) is 23.1. The van der Waals surface area contributed by atoms with Gasteiger partial charge in [-0.15, -0.1) is 15.3 Å². The molecule has 4 aromatic rings. The molecule has 9 nitrogen and oxygen atoms in total. The summed E-state index contributed by atoms with van der Waals surface area (Å²) in [6, 6.07) is 16.1. The Hall–Kier alpha value is -4.05. The first kappa shape index (κ1) is 26.2. The number of hydrogen-bond acceptors (Lipinski definition) is 8. The van der Waals surface area contributed by atoms with Gasteiger partial charge in [0.1, 0.15) is 5.82 Å². The van der Waals surface area contributed by atoms with Gasteiger partial charge < -0.3 is 20.9 Å².